The number of anilines is 1. The van der Waals surface area contributed by atoms with Crippen LogP contribution in [0.15, 0.2) is 18.2 Å². The largest absolute Gasteiger partial charge is 0.393 e. The van der Waals surface area contributed by atoms with Gasteiger partial charge >= 0.3 is 0 Å². The standard InChI is InChI=1S/C15H25N3O2/c1-3-5-9-17(10-6-4-2)12-13-7-8-15(18(19)20)14(16)11-13/h7-8,11H,3-6,9-10,12,16H2,1-2H3. The Morgan fingerprint density at radius 1 is 1.20 bits per heavy atom. The molecule has 0 amide bonds. The number of hydrogen-bond donors (Lipinski definition) is 1. The monoisotopic (exact) mass is 279 g/mol. The average Bonchev–Trinajstić information content (AvgIpc) is 2.41. The Morgan fingerprint density at radius 2 is 1.80 bits per heavy atom. The summed E-state index contributed by atoms with van der Waals surface area (Å²) in [5, 5.41) is 10.8. The Bertz CT molecular complexity index is 427. The number of nitrogens with zero attached hydrogens (tertiary/aromatic N) is 2. The van der Waals surface area contributed by atoms with Gasteiger partial charge < -0.3 is 5.73 Å². The average molecular weight is 279 g/mol. The van der Waals surface area contributed by atoms with Crippen LogP contribution in [0.25, 0.3) is 0 Å². The highest BCUT2D eigenvalue weighted by Crippen LogP contribution is 2.22. The lowest BCUT2D eigenvalue weighted by Crippen LogP contribution is -2.25. The van der Waals surface area contributed by atoms with Gasteiger partial charge in [0.15, 0.2) is 0 Å². The lowest BCUT2D eigenvalue weighted by Gasteiger charge is -2.22. The second-order valence-corrected chi connectivity index (χ2v) is 5.13. The number of nitro benzene ring substituents is 1. The van der Waals surface area contributed by atoms with Gasteiger partial charge in [0, 0.05) is 12.6 Å². The van der Waals surface area contributed by atoms with Crippen LogP contribution in [0, 0.1) is 10.1 Å². The third-order valence-corrected chi connectivity index (χ3v) is 3.35. The van der Waals surface area contributed by atoms with E-state index in [4.69, 9.17) is 5.73 Å². The Kier molecular flexibility index (Phi) is 7.01. The van der Waals surface area contributed by atoms with Crippen molar-refractivity contribution in [1.29, 1.82) is 0 Å². The van der Waals surface area contributed by atoms with Gasteiger partial charge in [-0.25, -0.2) is 0 Å². The summed E-state index contributed by atoms with van der Waals surface area (Å²) in [6, 6.07) is 5.03. The van der Waals surface area contributed by atoms with Crippen LogP contribution in [0.3, 0.4) is 0 Å². The molecule has 20 heavy (non-hydrogen) atoms. The molecule has 0 fully saturated rings. The molecule has 0 atom stereocenters. The van der Waals surface area contributed by atoms with Crippen LogP contribution in [0.5, 0.6) is 0 Å². The van der Waals surface area contributed by atoms with Crippen molar-refractivity contribution in [2.75, 3.05) is 18.8 Å². The third-order valence-electron chi connectivity index (χ3n) is 3.35. The molecule has 0 radical (unpaired) electrons. The van der Waals surface area contributed by atoms with Crippen molar-refractivity contribution in [3.63, 3.8) is 0 Å². The zero-order valence-electron chi connectivity index (χ0n) is 12.5. The number of benzene rings is 1. The van der Waals surface area contributed by atoms with Crippen molar-refractivity contribution in [3.8, 4) is 0 Å². The fraction of sp³-hybridized carbons (Fsp3) is 0.600. The Morgan fingerprint density at radius 3 is 2.25 bits per heavy atom. The topological polar surface area (TPSA) is 72.4 Å². The normalized spacial score (nSPS) is 10.9. The minimum Gasteiger partial charge on any atom is -0.393 e. The van der Waals surface area contributed by atoms with Gasteiger partial charge in [-0.05, 0) is 37.6 Å². The summed E-state index contributed by atoms with van der Waals surface area (Å²) in [6.07, 6.45) is 4.69. The second-order valence-electron chi connectivity index (χ2n) is 5.13. The predicted octanol–water partition coefficient (Wildman–Crippen LogP) is 3.58. The van der Waals surface area contributed by atoms with Crippen molar-refractivity contribution in [1.82, 2.24) is 4.90 Å². The van der Waals surface area contributed by atoms with Gasteiger partial charge in [-0.3, -0.25) is 15.0 Å². The highest BCUT2D eigenvalue weighted by atomic mass is 16.6. The summed E-state index contributed by atoms with van der Waals surface area (Å²) < 4.78 is 0. The fourth-order valence-electron chi connectivity index (χ4n) is 2.16. The summed E-state index contributed by atoms with van der Waals surface area (Å²) in [5.41, 5.74) is 7.02. The first-order valence-corrected chi connectivity index (χ1v) is 7.33. The van der Waals surface area contributed by atoms with Crippen LogP contribution in [0.1, 0.15) is 45.1 Å². The first kappa shape index (κ1) is 16.4. The zero-order valence-corrected chi connectivity index (χ0v) is 12.5. The molecule has 0 aliphatic rings. The number of nitro groups is 1. The molecule has 0 saturated heterocycles. The maximum Gasteiger partial charge on any atom is 0.292 e. The molecule has 0 bridgehead atoms. The summed E-state index contributed by atoms with van der Waals surface area (Å²) in [6.45, 7) is 7.30. The van der Waals surface area contributed by atoms with E-state index in [9.17, 15) is 10.1 Å². The second kappa shape index (κ2) is 8.53. The minimum absolute atomic E-state index is 0.0117. The molecule has 0 unspecified atom stereocenters. The molecule has 0 aliphatic carbocycles. The number of rotatable bonds is 9. The quantitative estimate of drug-likeness (QED) is 0.426. The van der Waals surface area contributed by atoms with Crippen LogP contribution >= 0.6 is 0 Å². The van der Waals surface area contributed by atoms with Gasteiger partial charge in [0.25, 0.3) is 5.69 Å². The molecule has 1 aromatic rings. The van der Waals surface area contributed by atoms with E-state index in [1.54, 1.807) is 12.1 Å². The number of nitrogen functional groups attached to an aromatic ring is 1. The highest BCUT2D eigenvalue weighted by molar-refractivity contribution is 5.59. The first-order chi connectivity index (χ1) is 9.58. The molecule has 1 rings (SSSR count). The smallest absolute Gasteiger partial charge is 0.292 e. The van der Waals surface area contributed by atoms with Gasteiger partial charge in [0.1, 0.15) is 5.69 Å². The van der Waals surface area contributed by atoms with Crippen LogP contribution in [0.4, 0.5) is 11.4 Å². The summed E-state index contributed by atoms with van der Waals surface area (Å²) in [7, 11) is 0. The van der Waals surface area contributed by atoms with Crippen molar-refractivity contribution in [2.45, 2.75) is 46.1 Å². The van der Waals surface area contributed by atoms with E-state index >= 15 is 0 Å². The van der Waals surface area contributed by atoms with Crippen molar-refractivity contribution >= 4 is 11.4 Å². The Labute approximate surface area is 120 Å². The van der Waals surface area contributed by atoms with Crippen LogP contribution < -0.4 is 5.73 Å². The molecule has 112 valence electrons. The molecule has 0 aliphatic heterocycles. The lowest BCUT2D eigenvalue weighted by molar-refractivity contribution is -0.383. The Hall–Kier alpha value is -1.62. The maximum atomic E-state index is 10.8. The van der Waals surface area contributed by atoms with E-state index in [2.05, 4.69) is 18.7 Å². The fourth-order valence-corrected chi connectivity index (χ4v) is 2.16. The van der Waals surface area contributed by atoms with E-state index in [0.29, 0.717) is 0 Å². The van der Waals surface area contributed by atoms with Crippen molar-refractivity contribution < 1.29 is 4.92 Å². The van der Waals surface area contributed by atoms with E-state index in [1.165, 1.54) is 31.7 Å². The van der Waals surface area contributed by atoms with Crippen LogP contribution in [-0.2, 0) is 6.54 Å². The molecule has 5 heteroatoms. The number of nitrogens with two attached hydrogens (primary N) is 1. The summed E-state index contributed by atoms with van der Waals surface area (Å²) in [4.78, 5) is 12.7. The summed E-state index contributed by atoms with van der Waals surface area (Å²) >= 11 is 0. The van der Waals surface area contributed by atoms with E-state index in [1.807, 2.05) is 0 Å². The van der Waals surface area contributed by atoms with E-state index in [-0.39, 0.29) is 11.4 Å². The predicted molar refractivity (Wildman–Crippen MR) is 82.6 cm³/mol. The lowest BCUT2D eigenvalue weighted by atomic mass is 10.1. The molecule has 1 aromatic carbocycles. The van der Waals surface area contributed by atoms with E-state index < -0.39 is 4.92 Å². The molecule has 2 N–H and O–H groups in total. The van der Waals surface area contributed by atoms with Gasteiger partial charge in [0.05, 0.1) is 4.92 Å². The van der Waals surface area contributed by atoms with Gasteiger partial charge in [-0.15, -0.1) is 0 Å². The number of unbranched alkanes of at least 4 members (excludes halogenated alkanes) is 2. The highest BCUT2D eigenvalue weighted by Gasteiger charge is 2.12. The first-order valence-electron chi connectivity index (χ1n) is 7.33. The molecule has 0 saturated carbocycles. The molecule has 0 aromatic heterocycles. The zero-order chi connectivity index (χ0) is 15.0. The van der Waals surface area contributed by atoms with Crippen LogP contribution in [0.2, 0.25) is 0 Å². The SMILES string of the molecule is CCCCN(CCCC)Cc1ccc([N+](=O)[O-])c(N)c1. The molecular formula is C15H25N3O2. The molecule has 0 heterocycles. The van der Waals surface area contributed by atoms with Crippen molar-refractivity contribution in [3.05, 3.63) is 33.9 Å². The van der Waals surface area contributed by atoms with E-state index in [0.717, 1.165) is 25.2 Å². The van der Waals surface area contributed by atoms with Crippen LogP contribution in [-0.4, -0.2) is 22.9 Å². The van der Waals surface area contributed by atoms with Gasteiger partial charge in [0.2, 0.25) is 0 Å². The Balaban J connectivity index is 2.71. The summed E-state index contributed by atoms with van der Waals surface area (Å²) in [5.74, 6) is 0. The molecular weight excluding hydrogens is 254 g/mol. The maximum absolute atomic E-state index is 10.8. The number of hydrogen-bond acceptors (Lipinski definition) is 4. The third kappa shape index (κ3) is 5.17. The van der Waals surface area contributed by atoms with Crippen molar-refractivity contribution in [2.24, 2.45) is 0 Å². The molecule has 0 spiro atoms. The van der Waals surface area contributed by atoms with Gasteiger partial charge in [-0.1, -0.05) is 32.8 Å². The molecule has 5 nitrogen and oxygen atoms in total. The minimum atomic E-state index is -0.439. The van der Waals surface area contributed by atoms with Gasteiger partial charge in [-0.2, -0.15) is 0 Å².